The Bertz CT molecular complexity index is 149. The van der Waals surface area contributed by atoms with Crippen molar-refractivity contribution in [2.24, 2.45) is 0 Å². The Kier molecular flexibility index (Phi) is 1.80. The van der Waals surface area contributed by atoms with Gasteiger partial charge in [0.2, 0.25) is 0 Å². The fourth-order valence-electron chi connectivity index (χ4n) is 0.969. The number of amides is 2. The topological polar surface area (TPSA) is 43.8 Å². The fourth-order valence-corrected chi connectivity index (χ4v) is 0.969. The van der Waals surface area contributed by atoms with Gasteiger partial charge >= 0.3 is 6.03 Å². The SMILES string of the molecule is CC1CCN(O)C(=O)N1C. The van der Waals surface area contributed by atoms with Crippen LogP contribution in [0.4, 0.5) is 4.79 Å². The van der Waals surface area contributed by atoms with Gasteiger partial charge in [0.1, 0.15) is 0 Å². The number of hydrogen-bond donors (Lipinski definition) is 1. The van der Waals surface area contributed by atoms with Gasteiger partial charge in [-0.05, 0) is 13.3 Å². The fraction of sp³-hybridized carbons (Fsp3) is 0.833. The molecule has 4 heteroatoms. The molecular formula is C6H12N2O2. The minimum absolute atomic E-state index is 0.246. The van der Waals surface area contributed by atoms with Gasteiger partial charge in [0, 0.05) is 13.1 Å². The normalized spacial score (nSPS) is 27.5. The molecule has 0 bridgehead atoms. The van der Waals surface area contributed by atoms with Crippen LogP contribution in [0.3, 0.4) is 0 Å². The van der Waals surface area contributed by atoms with Crippen molar-refractivity contribution >= 4 is 6.03 Å². The molecule has 0 aromatic rings. The molecule has 0 saturated carbocycles. The number of nitrogens with zero attached hydrogens (tertiary/aromatic N) is 2. The molecule has 1 unspecified atom stereocenters. The summed E-state index contributed by atoms with van der Waals surface area (Å²) < 4.78 is 0. The van der Waals surface area contributed by atoms with E-state index in [0.29, 0.717) is 6.54 Å². The first kappa shape index (κ1) is 7.34. The van der Waals surface area contributed by atoms with E-state index in [9.17, 15) is 4.79 Å². The summed E-state index contributed by atoms with van der Waals surface area (Å²) in [7, 11) is 1.69. The quantitative estimate of drug-likeness (QED) is 0.504. The van der Waals surface area contributed by atoms with Gasteiger partial charge in [0.15, 0.2) is 0 Å². The summed E-state index contributed by atoms with van der Waals surface area (Å²) in [5.41, 5.74) is 0. The first-order chi connectivity index (χ1) is 4.63. The zero-order valence-electron chi connectivity index (χ0n) is 6.24. The highest BCUT2D eigenvalue weighted by Gasteiger charge is 2.26. The van der Waals surface area contributed by atoms with E-state index < -0.39 is 0 Å². The van der Waals surface area contributed by atoms with Crippen LogP contribution in [-0.2, 0) is 0 Å². The van der Waals surface area contributed by atoms with Crippen molar-refractivity contribution in [2.45, 2.75) is 19.4 Å². The number of hydroxylamine groups is 2. The smallest absolute Gasteiger partial charge is 0.323 e. The Labute approximate surface area is 60.0 Å². The van der Waals surface area contributed by atoms with E-state index in [1.54, 1.807) is 7.05 Å². The lowest BCUT2D eigenvalue weighted by molar-refractivity contribution is -0.0765. The van der Waals surface area contributed by atoms with Crippen LogP contribution in [0, 0.1) is 0 Å². The average Bonchev–Trinajstić information content (AvgIpc) is 1.93. The Morgan fingerprint density at radius 3 is 2.80 bits per heavy atom. The number of carbonyl (C=O) groups excluding carboxylic acids is 1. The van der Waals surface area contributed by atoms with Gasteiger partial charge < -0.3 is 4.90 Å². The van der Waals surface area contributed by atoms with Gasteiger partial charge in [-0.15, -0.1) is 0 Å². The predicted molar refractivity (Wildman–Crippen MR) is 35.7 cm³/mol. The maximum absolute atomic E-state index is 10.9. The van der Waals surface area contributed by atoms with Gasteiger partial charge in [0.25, 0.3) is 0 Å². The van der Waals surface area contributed by atoms with Crippen molar-refractivity contribution in [3.8, 4) is 0 Å². The van der Waals surface area contributed by atoms with Crippen LogP contribution < -0.4 is 0 Å². The van der Waals surface area contributed by atoms with Crippen LogP contribution in [0.15, 0.2) is 0 Å². The maximum atomic E-state index is 10.9. The van der Waals surface area contributed by atoms with Gasteiger partial charge in [-0.1, -0.05) is 0 Å². The van der Waals surface area contributed by atoms with Crippen molar-refractivity contribution in [2.75, 3.05) is 13.6 Å². The molecule has 58 valence electrons. The molecule has 1 heterocycles. The second kappa shape index (κ2) is 2.46. The molecule has 1 N–H and O–H groups in total. The van der Waals surface area contributed by atoms with Crippen LogP contribution in [0.5, 0.6) is 0 Å². The molecule has 1 atom stereocenters. The predicted octanol–water partition coefficient (Wildman–Crippen LogP) is 0.522. The number of rotatable bonds is 0. The van der Waals surface area contributed by atoms with E-state index in [2.05, 4.69) is 0 Å². The summed E-state index contributed by atoms with van der Waals surface area (Å²) in [6.07, 6.45) is 0.832. The summed E-state index contributed by atoms with van der Waals surface area (Å²) in [5, 5.41) is 9.66. The Morgan fingerprint density at radius 1 is 1.70 bits per heavy atom. The van der Waals surface area contributed by atoms with E-state index in [-0.39, 0.29) is 12.1 Å². The molecule has 0 radical (unpaired) electrons. The van der Waals surface area contributed by atoms with Crippen LogP contribution >= 0.6 is 0 Å². The first-order valence-corrected chi connectivity index (χ1v) is 3.36. The average molecular weight is 144 g/mol. The van der Waals surface area contributed by atoms with E-state index in [1.807, 2.05) is 6.92 Å². The highest BCUT2D eigenvalue weighted by molar-refractivity contribution is 5.73. The van der Waals surface area contributed by atoms with Crippen molar-refractivity contribution in [3.05, 3.63) is 0 Å². The highest BCUT2D eigenvalue weighted by atomic mass is 16.5. The Balaban J connectivity index is 2.60. The molecule has 0 aliphatic carbocycles. The van der Waals surface area contributed by atoms with Crippen molar-refractivity contribution in [1.82, 2.24) is 9.96 Å². The molecule has 0 spiro atoms. The van der Waals surface area contributed by atoms with Gasteiger partial charge in [0.05, 0.1) is 6.54 Å². The summed E-state index contributed by atoms with van der Waals surface area (Å²) in [5.74, 6) is 0. The molecule has 4 nitrogen and oxygen atoms in total. The standard InChI is InChI=1S/C6H12N2O2/c1-5-3-4-8(10)6(9)7(5)2/h5,10H,3-4H2,1-2H3. The lowest BCUT2D eigenvalue weighted by Crippen LogP contribution is -2.49. The molecule has 1 aliphatic rings. The van der Waals surface area contributed by atoms with Crippen LogP contribution in [-0.4, -0.2) is 40.8 Å². The molecule has 1 fully saturated rings. The molecule has 0 aromatic heterocycles. The zero-order chi connectivity index (χ0) is 7.72. The molecule has 1 aliphatic heterocycles. The van der Waals surface area contributed by atoms with Gasteiger partial charge in [-0.2, -0.15) is 0 Å². The van der Waals surface area contributed by atoms with E-state index in [4.69, 9.17) is 5.21 Å². The molecular weight excluding hydrogens is 132 g/mol. The molecule has 1 saturated heterocycles. The van der Waals surface area contributed by atoms with Crippen LogP contribution in [0.25, 0.3) is 0 Å². The molecule has 0 aromatic carbocycles. The third kappa shape index (κ3) is 1.07. The minimum atomic E-state index is -0.307. The summed E-state index contributed by atoms with van der Waals surface area (Å²) in [4.78, 5) is 12.5. The second-order valence-corrected chi connectivity index (χ2v) is 2.65. The Morgan fingerprint density at radius 2 is 2.30 bits per heavy atom. The van der Waals surface area contributed by atoms with Crippen molar-refractivity contribution < 1.29 is 10.0 Å². The first-order valence-electron chi connectivity index (χ1n) is 3.36. The monoisotopic (exact) mass is 144 g/mol. The van der Waals surface area contributed by atoms with Crippen LogP contribution in [0.2, 0.25) is 0 Å². The van der Waals surface area contributed by atoms with E-state index in [0.717, 1.165) is 11.5 Å². The van der Waals surface area contributed by atoms with Gasteiger partial charge in [-0.25, -0.2) is 9.86 Å². The summed E-state index contributed by atoms with van der Waals surface area (Å²) in [6.45, 7) is 2.41. The molecule has 2 amide bonds. The third-order valence-electron chi connectivity index (χ3n) is 1.94. The molecule has 1 rings (SSSR count). The number of urea groups is 1. The van der Waals surface area contributed by atoms with E-state index >= 15 is 0 Å². The zero-order valence-corrected chi connectivity index (χ0v) is 6.24. The second-order valence-electron chi connectivity index (χ2n) is 2.65. The van der Waals surface area contributed by atoms with E-state index in [1.165, 1.54) is 4.90 Å². The maximum Gasteiger partial charge on any atom is 0.343 e. The van der Waals surface area contributed by atoms with Crippen molar-refractivity contribution in [1.29, 1.82) is 0 Å². The summed E-state index contributed by atoms with van der Waals surface area (Å²) in [6, 6.07) is -0.0605. The lowest BCUT2D eigenvalue weighted by atomic mass is 10.2. The Hall–Kier alpha value is -0.770. The third-order valence-corrected chi connectivity index (χ3v) is 1.94. The number of carbonyl (C=O) groups is 1. The van der Waals surface area contributed by atoms with Gasteiger partial charge in [-0.3, -0.25) is 5.21 Å². The molecule has 10 heavy (non-hydrogen) atoms. The summed E-state index contributed by atoms with van der Waals surface area (Å²) >= 11 is 0. The lowest BCUT2D eigenvalue weighted by Gasteiger charge is -2.33. The highest BCUT2D eigenvalue weighted by Crippen LogP contribution is 2.10. The van der Waals surface area contributed by atoms with Crippen molar-refractivity contribution in [3.63, 3.8) is 0 Å². The minimum Gasteiger partial charge on any atom is -0.323 e. The van der Waals surface area contributed by atoms with Crippen LogP contribution in [0.1, 0.15) is 13.3 Å². The largest absolute Gasteiger partial charge is 0.343 e. The number of hydrogen-bond acceptors (Lipinski definition) is 2.